The van der Waals surface area contributed by atoms with Crippen molar-refractivity contribution < 1.29 is 14.7 Å². The minimum atomic E-state index is -0.826. The number of amides is 2. The maximum Gasteiger partial charge on any atom is 0.251 e. The predicted molar refractivity (Wildman–Crippen MR) is 161 cm³/mol. The van der Waals surface area contributed by atoms with Crippen LogP contribution in [-0.2, 0) is 17.8 Å². The van der Waals surface area contributed by atoms with Gasteiger partial charge in [0.15, 0.2) is 0 Å². The quantitative estimate of drug-likeness (QED) is 0.206. The number of aromatic nitrogens is 1. The van der Waals surface area contributed by atoms with Crippen molar-refractivity contribution in [1.82, 2.24) is 15.6 Å². The fourth-order valence-corrected chi connectivity index (χ4v) is 5.79. The van der Waals surface area contributed by atoms with Crippen LogP contribution in [0, 0.1) is 0 Å². The zero-order chi connectivity index (χ0) is 27.9. The topological polar surface area (TPSA) is 107 Å². The summed E-state index contributed by atoms with van der Waals surface area (Å²) in [4.78, 5) is 32.0. The van der Waals surface area contributed by atoms with E-state index < -0.39 is 12.1 Å². The predicted octanol–water partition coefficient (Wildman–Crippen LogP) is 4.35. The molecule has 0 radical (unpaired) electrons. The van der Waals surface area contributed by atoms with Crippen LogP contribution in [0.1, 0.15) is 41.3 Å². The first-order valence-electron chi connectivity index (χ1n) is 13.7. The number of aliphatic hydroxyl groups excluding tert-OH is 1. The Morgan fingerprint density at radius 3 is 2.73 bits per heavy atom. The highest BCUT2D eigenvalue weighted by molar-refractivity contribution is 7.16. The van der Waals surface area contributed by atoms with Crippen LogP contribution in [0.5, 0.6) is 0 Å². The first-order valence-corrected chi connectivity index (χ1v) is 14.6. The summed E-state index contributed by atoms with van der Waals surface area (Å²) < 4.78 is 1.13. The maximum absolute atomic E-state index is 13.6. The zero-order valence-electron chi connectivity index (χ0n) is 22.6. The highest BCUT2D eigenvalue weighted by atomic mass is 32.1. The number of hydrogen-bond acceptors (Lipinski definition) is 7. The number of fused-ring (bicyclic) bond motifs is 1. The van der Waals surface area contributed by atoms with Crippen LogP contribution in [0.4, 0.5) is 11.4 Å². The molecule has 0 aliphatic carbocycles. The van der Waals surface area contributed by atoms with Gasteiger partial charge in [0.05, 0.1) is 27.9 Å². The summed E-state index contributed by atoms with van der Waals surface area (Å²) in [7, 11) is 0. The molecule has 1 aromatic heterocycles. The Kier molecular flexibility index (Phi) is 9.05. The highest BCUT2D eigenvalue weighted by Gasteiger charge is 2.25. The van der Waals surface area contributed by atoms with Crippen LogP contribution >= 0.6 is 11.3 Å². The molecule has 0 saturated carbocycles. The molecule has 3 aromatic carbocycles. The molecule has 2 heterocycles. The molecule has 1 saturated heterocycles. The number of nitrogens with one attached hydrogen (secondary N) is 3. The lowest BCUT2D eigenvalue weighted by Gasteiger charge is -2.25. The van der Waals surface area contributed by atoms with E-state index in [4.69, 9.17) is 0 Å². The van der Waals surface area contributed by atoms with Gasteiger partial charge < -0.3 is 26.0 Å². The summed E-state index contributed by atoms with van der Waals surface area (Å²) in [5, 5.41) is 20.9. The van der Waals surface area contributed by atoms with Crippen LogP contribution in [-0.4, -0.2) is 53.7 Å². The summed E-state index contributed by atoms with van der Waals surface area (Å²) >= 11 is 1.60. The Balaban J connectivity index is 1.30. The lowest BCUT2D eigenvalue weighted by Crippen LogP contribution is -2.48. The summed E-state index contributed by atoms with van der Waals surface area (Å²) in [5.41, 5.74) is 6.89. The molecule has 208 valence electrons. The summed E-state index contributed by atoms with van der Waals surface area (Å²) in [6, 6.07) is 20.9. The van der Waals surface area contributed by atoms with Crippen molar-refractivity contribution in [3.8, 4) is 0 Å². The molecule has 2 atom stereocenters. The number of aliphatic hydroxyl groups is 1. The molecule has 1 aliphatic rings. The Morgan fingerprint density at radius 1 is 1.10 bits per heavy atom. The first-order chi connectivity index (χ1) is 19.5. The zero-order valence-corrected chi connectivity index (χ0v) is 23.4. The third-order valence-corrected chi connectivity index (χ3v) is 7.90. The van der Waals surface area contributed by atoms with Gasteiger partial charge in [0.25, 0.3) is 5.91 Å². The summed E-state index contributed by atoms with van der Waals surface area (Å²) in [6.07, 6.45) is 0.978. The maximum atomic E-state index is 13.6. The van der Waals surface area contributed by atoms with E-state index >= 15 is 0 Å². The second-order valence-electron chi connectivity index (χ2n) is 10.1. The van der Waals surface area contributed by atoms with Crippen molar-refractivity contribution >= 4 is 44.7 Å². The molecule has 1 fully saturated rings. The van der Waals surface area contributed by atoms with Gasteiger partial charge in [-0.05, 0) is 61.2 Å². The number of anilines is 2. The van der Waals surface area contributed by atoms with Crippen LogP contribution in [0.15, 0.2) is 72.2 Å². The molecule has 4 N–H and O–H groups in total. The van der Waals surface area contributed by atoms with E-state index in [9.17, 15) is 14.7 Å². The molecule has 8 nitrogen and oxygen atoms in total. The molecular formula is C31H35N5O3S. The molecule has 5 rings (SSSR count). The number of hydrogen-bond donors (Lipinski definition) is 4. The van der Waals surface area contributed by atoms with E-state index in [0.29, 0.717) is 50.3 Å². The van der Waals surface area contributed by atoms with Gasteiger partial charge in [0.2, 0.25) is 5.91 Å². The molecule has 2 amide bonds. The normalized spacial score (nSPS) is 14.8. The van der Waals surface area contributed by atoms with Gasteiger partial charge in [-0.2, -0.15) is 0 Å². The minimum Gasteiger partial charge on any atom is -0.390 e. The minimum absolute atomic E-state index is 0.0675. The molecule has 4 aromatic rings. The second-order valence-corrected chi connectivity index (χ2v) is 11.0. The SMILES string of the molecule is CCNc1cc(C(=O)NC(Cc2ccccc2)C(O)CNCc2ccc3ncsc3c2)cc(N2CCCC2=O)c1. The summed E-state index contributed by atoms with van der Waals surface area (Å²) in [6.45, 7) is 4.22. The second kappa shape index (κ2) is 13.0. The van der Waals surface area contributed by atoms with Crippen molar-refractivity contribution in [2.45, 2.75) is 44.9 Å². The monoisotopic (exact) mass is 557 g/mol. The Hall–Kier alpha value is -3.79. The number of carbonyl (C=O) groups is 2. The van der Waals surface area contributed by atoms with E-state index in [1.165, 1.54) is 0 Å². The standard InChI is InChI=1S/C31H35N5O3S/c1-2-33-24-15-23(16-25(17-24)36-12-6-9-30(36)38)31(39)35-27(13-21-7-4-3-5-8-21)28(37)19-32-18-22-10-11-26-29(14-22)40-20-34-26/h3-5,7-8,10-11,14-17,20,27-28,32-33,37H,2,6,9,12-13,18-19H2,1H3,(H,35,39). The van der Waals surface area contributed by atoms with Crippen molar-refractivity contribution in [3.05, 3.63) is 88.9 Å². The molecule has 2 unspecified atom stereocenters. The van der Waals surface area contributed by atoms with Crippen molar-refractivity contribution in [2.75, 3.05) is 29.9 Å². The third kappa shape index (κ3) is 6.85. The Morgan fingerprint density at radius 2 is 1.95 bits per heavy atom. The molecule has 0 spiro atoms. The smallest absolute Gasteiger partial charge is 0.251 e. The number of nitrogens with zero attached hydrogens (tertiary/aromatic N) is 2. The average Bonchev–Trinajstić information content (AvgIpc) is 3.61. The number of thiazole rings is 1. The molecule has 9 heteroatoms. The molecular weight excluding hydrogens is 522 g/mol. The average molecular weight is 558 g/mol. The van der Waals surface area contributed by atoms with E-state index in [-0.39, 0.29) is 11.8 Å². The fourth-order valence-electron chi connectivity index (χ4n) is 5.04. The van der Waals surface area contributed by atoms with Gasteiger partial charge in [0.1, 0.15) is 0 Å². The molecule has 40 heavy (non-hydrogen) atoms. The molecule has 1 aliphatic heterocycles. The van der Waals surface area contributed by atoms with Gasteiger partial charge in [-0.25, -0.2) is 4.98 Å². The number of carbonyl (C=O) groups excluding carboxylic acids is 2. The number of rotatable bonds is 12. The summed E-state index contributed by atoms with van der Waals surface area (Å²) in [5.74, 6) is -0.221. The lowest BCUT2D eigenvalue weighted by atomic mass is 10.00. The fraction of sp³-hybridized carbons (Fsp3) is 0.323. The van der Waals surface area contributed by atoms with E-state index in [0.717, 1.165) is 33.5 Å². The van der Waals surface area contributed by atoms with Crippen LogP contribution in [0.25, 0.3) is 10.2 Å². The van der Waals surface area contributed by atoms with Crippen molar-refractivity contribution in [1.29, 1.82) is 0 Å². The highest BCUT2D eigenvalue weighted by Crippen LogP contribution is 2.27. The number of benzene rings is 3. The van der Waals surface area contributed by atoms with Gasteiger partial charge in [-0.1, -0.05) is 36.4 Å². The lowest BCUT2D eigenvalue weighted by molar-refractivity contribution is -0.117. The van der Waals surface area contributed by atoms with Crippen LogP contribution in [0.2, 0.25) is 0 Å². The van der Waals surface area contributed by atoms with E-state index in [2.05, 4.69) is 27.0 Å². The first kappa shape index (κ1) is 27.8. The van der Waals surface area contributed by atoms with E-state index in [1.54, 1.807) is 28.4 Å². The van der Waals surface area contributed by atoms with E-state index in [1.807, 2.05) is 61.0 Å². The van der Waals surface area contributed by atoms with Crippen LogP contribution < -0.4 is 20.9 Å². The van der Waals surface area contributed by atoms with Crippen molar-refractivity contribution in [3.63, 3.8) is 0 Å². The Bertz CT molecular complexity index is 1460. The largest absolute Gasteiger partial charge is 0.390 e. The van der Waals surface area contributed by atoms with Gasteiger partial charge in [0, 0.05) is 49.5 Å². The third-order valence-electron chi connectivity index (χ3n) is 7.10. The van der Waals surface area contributed by atoms with Gasteiger partial charge in [-0.15, -0.1) is 11.3 Å². The van der Waals surface area contributed by atoms with Gasteiger partial charge >= 0.3 is 0 Å². The van der Waals surface area contributed by atoms with Crippen molar-refractivity contribution in [2.24, 2.45) is 0 Å². The Labute approximate surface area is 238 Å². The molecule has 0 bridgehead atoms. The van der Waals surface area contributed by atoms with Gasteiger partial charge in [-0.3, -0.25) is 9.59 Å². The van der Waals surface area contributed by atoms with Crippen LogP contribution in [0.3, 0.4) is 0 Å².